The van der Waals surface area contributed by atoms with Gasteiger partial charge >= 0.3 is 6.18 Å². The lowest BCUT2D eigenvalue weighted by atomic mass is 10.0. The molecular formula is C18H18F3NO4S2. The van der Waals surface area contributed by atoms with E-state index >= 15 is 0 Å². The fourth-order valence-corrected chi connectivity index (χ4v) is 2.97. The highest BCUT2D eigenvalue weighted by atomic mass is 32.2. The van der Waals surface area contributed by atoms with Crippen LogP contribution in [0.1, 0.15) is 25.8 Å². The number of ether oxygens (including phenoxy) is 1. The van der Waals surface area contributed by atoms with Crippen molar-refractivity contribution in [3.8, 4) is 17.0 Å². The van der Waals surface area contributed by atoms with Gasteiger partial charge in [-0.1, -0.05) is 19.1 Å². The Balaban J connectivity index is 2.57. The Hall–Kier alpha value is -2.04. The minimum Gasteiger partial charge on any atom is -0.428 e. The summed E-state index contributed by atoms with van der Waals surface area (Å²) >= 11 is 5.04. The molecule has 0 saturated heterocycles. The molecule has 1 atom stereocenters. The summed E-state index contributed by atoms with van der Waals surface area (Å²) in [5.41, 5.74) is -2.27. The molecule has 0 aliphatic heterocycles. The summed E-state index contributed by atoms with van der Waals surface area (Å²) in [7, 11) is -3.47. The Morgan fingerprint density at radius 3 is 2.29 bits per heavy atom. The van der Waals surface area contributed by atoms with Gasteiger partial charge in [0.2, 0.25) is 10.9 Å². The number of pyridine rings is 1. The van der Waals surface area contributed by atoms with Gasteiger partial charge < -0.3 is 9.84 Å². The lowest BCUT2D eigenvalue weighted by Gasteiger charge is -2.23. The monoisotopic (exact) mass is 433 g/mol. The molecule has 0 saturated carbocycles. The lowest BCUT2D eigenvalue weighted by molar-refractivity contribution is -0.137. The highest BCUT2D eigenvalue weighted by Crippen LogP contribution is 2.36. The van der Waals surface area contributed by atoms with Crippen molar-refractivity contribution in [2.24, 2.45) is 0 Å². The van der Waals surface area contributed by atoms with E-state index in [2.05, 4.69) is 4.98 Å². The Morgan fingerprint density at radius 1 is 1.25 bits per heavy atom. The Kier molecular flexibility index (Phi) is 6.17. The molecule has 1 aromatic carbocycles. The molecule has 1 N–H and O–H groups in total. The van der Waals surface area contributed by atoms with E-state index in [1.54, 1.807) is 6.92 Å². The van der Waals surface area contributed by atoms with Gasteiger partial charge in [-0.2, -0.15) is 13.2 Å². The van der Waals surface area contributed by atoms with Gasteiger partial charge in [0, 0.05) is 18.0 Å². The summed E-state index contributed by atoms with van der Waals surface area (Å²) in [5, 5.41) is 9.94. The Morgan fingerprint density at radius 2 is 1.82 bits per heavy atom. The van der Waals surface area contributed by atoms with Crippen molar-refractivity contribution in [2.45, 2.75) is 36.9 Å². The van der Waals surface area contributed by atoms with Crippen LogP contribution in [0.3, 0.4) is 0 Å². The standard InChI is InChI=1S/C18H18F3NO4S2/c1-4-17(2,23)16(27)26-15-14(9-12(10-22-15)18(19,20)21)11-5-7-13(8-6-11)28(3,24)25/h5-10,23H,4H2,1-3H3. The maximum absolute atomic E-state index is 13.1. The van der Waals surface area contributed by atoms with Crippen molar-refractivity contribution in [2.75, 3.05) is 6.26 Å². The zero-order chi connectivity index (χ0) is 21.3. The predicted octanol–water partition coefficient (Wildman–Crippen LogP) is 4.04. The number of hydrogen-bond acceptors (Lipinski definition) is 6. The molecule has 1 unspecified atom stereocenters. The van der Waals surface area contributed by atoms with Crippen LogP contribution in [0.25, 0.3) is 11.1 Å². The number of rotatable bonds is 5. The van der Waals surface area contributed by atoms with Crippen molar-refractivity contribution in [1.29, 1.82) is 0 Å². The molecule has 5 nitrogen and oxygen atoms in total. The van der Waals surface area contributed by atoms with Gasteiger partial charge in [-0.3, -0.25) is 0 Å². The number of sulfone groups is 1. The third-order valence-corrected chi connectivity index (χ3v) is 5.74. The van der Waals surface area contributed by atoms with E-state index in [-0.39, 0.29) is 33.4 Å². The van der Waals surface area contributed by atoms with Gasteiger partial charge in [-0.05, 0) is 49.3 Å². The fraction of sp³-hybridized carbons (Fsp3) is 0.333. The second-order valence-electron chi connectivity index (χ2n) is 6.39. The molecule has 10 heteroatoms. The quantitative estimate of drug-likeness (QED) is 0.718. The molecule has 0 amide bonds. The average molecular weight is 433 g/mol. The number of alkyl halides is 3. The zero-order valence-electron chi connectivity index (χ0n) is 15.2. The summed E-state index contributed by atoms with van der Waals surface area (Å²) in [4.78, 5) is 3.74. The molecular weight excluding hydrogens is 415 g/mol. The molecule has 0 bridgehead atoms. The first kappa shape index (κ1) is 22.3. The third kappa shape index (κ3) is 5.06. The summed E-state index contributed by atoms with van der Waals surface area (Å²) < 4.78 is 67.9. The van der Waals surface area contributed by atoms with Gasteiger partial charge in [0.05, 0.1) is 10.5 Å². The van der Waals surface area contributed by atoms with Crippen LogP contribution in [-0.4, -0.2) is 35.4 Å². The van der Waals surface area contributed by atoms with Crippen LogP contribution in [0.2, 0.25) is 0 Å². The largest absolute Gasteiger partial charge is 0.428 e. The van der Waals surface area contributed by atoms with E-state index in [9.17, 15) is 26.7 Å². The molecule has 1 aromatic heterocycles. The molecule has 28 heavy (non-hydrogen) atoms. The topological polar surface area (TPSA) is 76.5 Å². The first-order valence-electron chi connectivity index (χ1n) is 8.08. The lowest BCUT2D eigenvalue weighted by Crippen LogP contribution is -2.36. The van der Waals surface area contributed by atoms with E-state index in [1.165, 1.54) is 31.2 Å². The fourth-order valence-electron chi connectivity index (χ4n) is 2.12. The number of aromatic nitrogens is 1. The van der Waals surface area contributed by atoms with Crippen molar-refractivity contribution < 1.29 is 31.4 Å². The summed E-state index contributed by atoms with van der Waals surface area (Å²) in [6, 6.07) is 6.08. The molecule has 0 aliphatic carbocycles. The average Bonchev–Trinajstić information content (AvgIpc) is 2.60. The Labute approximate surface area is 166 Å². The van der Waals surface area contributed by atoms with Gasteiger partial charge in [-0.15, -0.1) is 0 Å². The Bertz CT molecular complexity index is 985. The van der Waals surface area contributed by atoms with Crippen molar-refractivity contribution in [3.63, 3.8) is 0 Å². The number of thiocarbonyl (C=S) groups is 1. The van der Waals surface area contributed by atoms with Crippen LogP contribution < -0.4 is 4.74 Å². The van der Waals surface area contributed by atoms with Crippen LogP contribution in [0, 0.1) is 0 Å². The minimum absolute atomic E-state index is 0.0168. The number of aliphatic hydroxyl groups is 1. The zero-order valence-corrected chi connectivity index (χ0v) is 16.9. The van der Waals surface area contributed by atoms with Gasteiger partial charge in [0.1, 0.15) is 5.60 Å². The first-order valence-corrected chi connectivity index (χ1v) is 10.4. The summed E-state index contributed by atoms with van der Waals surface area (Å²) in [6.07, 6.45) is -2.78. The van der Waals surface area contributed by atoms with Crippen molar-refractivity contribution in [3.05, 3.63) is 42.1 Å². The van der Waals surface area contributed by atoms with E-state index in [1.807, 2.05) is 0 Å². The number of hydrogen-bond donors (Lipinski definition) is 1. The molecule has 0 radical (unpaired) electrons. The maximum atomic E-state index is 13.1. The van der Waals surface area contributed by atoms with Crippen molar-refractivity contribution in [1.82, 2.24) is 4.98 Å². The first-order chi connectivity index (χ1) is 12.8. The molecule has 2 aromatic rings. The van der Waals surface area contributed by atoms with Crippen LogP contribution in [0.5, 0.6) is 5.88 Å². The van der Waals surface area contributed by atoms with Crippen LogP contribution in [0.15, 0.2) is 41.4 Å². The number of halogens is 3. The number of nitrogens with zero attached hydrogens (tertiary/aromatic N) is 1. The second kappa shape index (κ2) is 7.76. The van der Waals surface area contributed by atoms with E-state index in [0.717, 1.165) is 12.3 Å². The highest BCUT2D eigenvalue weighted by Gasteiger charge is 2.33. The van der Waals surface area contributed by atoms with Crippen LogP contribution in [-0.2, 0) is 16.0 Å². The van der Waals surface area contributed by atoms with Gasteiger partial charge in [0.15, 0.2) is 9.84 Å². The number of benzene rings is 1. The molecule has 0 aliphatic rings. The highest BCUT2D eigenvalue weighted by molar-refractivity contribution is 7.90. The third-order valence-electron chi connectivity index (χ3n) is 4.09. The van der Waals surface area contributed by atoms with Gasteiger partial charge in [-0.25, -0.2) is 13.4 Å². The molecule has 0 spiro atoms. The van der Waals surface area contributed by atoms with Gasteiger partial charge in [0.25, 0.3) is 0 Å². The molecule has 2 rings (SSSR count). The van der Waals surface area contributed by atoms with E-state index < -0.39 is 27.2 Å². The molecule has 152 valence electrons. The van der Waals surface area contributed by atoms with Crippen LogP contribution >= 0.6 is 12.2 Å². The minimum atomic E-state index is -4.64. The molecule has 1 heterocycles. The normalized spacial score (nSPS) is 14.4. The summed E-state index contributed by atoms with van der Waals surface area (Å²) in [5.74, 6) is -0.223. The SMILES string of the molecule is CCC(C)(O)C(=S)Oc1ncc(C(F)(F)F)cc1-c1ccc(S(C)(=O)=O)cc1. The maximum Gasteiger partial charge on any atom is 0.417 e. The molecule has 0 fully saturated rings. The summed E-state index contributed by atoms with van der Waals surface area (Å²) in [6.45, 7) is 3.08. The van der Waals surface area contributed by atoms with Crippen molar-refractivity contribution >= 4 is 27.1 Å². The predicted molar refractivity (Wildman–Crippen MR) is 102 cm³/mol. The second-order valence-corrected chi connectivity index (χ2v) is 8.77. The van der Waals surface area contributed by atoms with Crippen LogP contribution in [0.4, 0.5) is 13.2 Å². The smallest absolute Gasteiger partial charge is 0.417 e. The van der Waals surface area contributed by atoms with E-state index in [0.29, 0.717) is 6.20 Å². The van der Waals surface area contributed by atoms with E-state index in [4.69, 9.17) is 17.0 Å².